The maximum atomic E-state index is 13.1. The fourth-order valence-electron chi connectivity index (χ4n) is 4.12. The molecule has 1 saturated heterocycles. The third kappa shape index (κ3) is 3.30. The Labute approximate surface area is 164 Å². The molecule has 1 fully saturated rings. The highest BCUT2D eigenvalue weighted by atomic mass is 16.5. The highest BCUT2D eigenvalue weighted by Gasteiger charge is 2.27. The van der Waals surface area contributed by atoms with Crippen LogP contribution in [0.15, 0.2) is 40.9 Å². The Bertz CT molecular complexity index is 993. The molecule has 0 radical (unpaired) electrons. The fraction of sp³-hybridized carbons (Fsp3) is 0.364. The van der Waals surface area contributed by atoms with Gasteiger partial charge in [-0.15, -0.1) is 0 Å². The van der Waals surface area contributed by atoms with E-state index in [1.807, 2.05) is 54.5 Å². The molecule has 2 aromatic heterocycles. The van der Waals surface area contributed by atoms with Crippen molar-refractivity contribution >= 4 is 5.91 Å². The lowest BCUT2D eigenvalue weighted by Crippen LogP contribution is -2.38. The maximum Gasteiger partial charge on any atom is 0.255 e. The predicted molar refractivity (Wildman–Crippen MR) is 106 cm³/mol. The van der Waals surface area contributed by atoms with Crippen LogP contribution < -0.4 is 0 Å². The monoisotopic (exact) mass is 379 g/mol. The lowest BCUT2D eigenvalue weighted by molar-refractivity contribution is 0.0712. The number of benzene rings is 1. The van der Waals surface area contributed by atoms with E-state index in [-0.39, 0.29) is 11.7 Å². The first-order valence-corrected chi connectivity index (χ1v) is 9.65. The van der Waals surface area contributed by atoms with E-state index in [4.69, 9.17) is 4.52 Å². The number of rotatable bonds is 3. The van der Waals surface area contributed by atoms with Crippen molar-refractivity contribution in [2.45, 2.75) is 39.5 Å². The van der Waals surface area contributed by atoms with Gasteiger partial charge in [-0.1, -0.05) is 17.3 Å². The Morgan fingerprint density at radius 3 is 2.39 bits per heavy atom. The minimum atomic E-state index is 0.0729. The molecule has 0 saturated carbocycles. The number of amides is 1. The van der Waals surface area contributed by atoms with Gasteiger partial charge in [-0.2, -0.15) is 0 Å². The molecule has 28 heavy (non-hydrogen) atoms. The number of nitrogens with zero attached hydrogens (tertiary/aromatic N) is 3. The SMILES string of the molecule is Cc1cc(-n2c(C)cc(C(=O)N3CCC(c4ccc(O)cc4)CC3)c2C)no1. The summed E-state index contributed by atoms with van der Waals surface area (Å²) < 4.78 is 7.16. The summed E-state index contributed by atoms with van der Waals surface area (Å²) >= 11 is 0. The van der Waals surface area contributed by atoms with Gasteiger partial charge in [0.05, 0.1) is 5.56 Å². The van der Waals surface area contributed by atoms with Crippen molar-refractivity contribution in [1.29, 1.82) is 0 Å². The third-order valence-corrected chi connectivity index (χ3v) is 5.65. The van der Waals surface area contributed by atoms with Gasteiger partial charge in [0.15, 0.2) is 5.82 Å². The predicted octanol–water partition coefficient (Wildman–Crippen LogP) is 4.12. The molecular formula is C22H25N3O3. The zero-order chi connectivity index (χ0) is 19.8. The number of aromatic nitrogens is 2. The van der Waals surface area contributed by atoms with Gasteiger partial charge in [0.25, 0.3) is 5.91 Å². The number of carbonyl (C=O) groups excluding carboxylic acids is 1. The number of phenols is 1. The molecule has 0 atom stereocenters. The summed E-state index contributed by atoms with van der Waals surface area (Å²) in [5.41, 5.74) is 3.80. The van der Waals surface area contributed by atoms with Crippen molar-refractivity contribution in [2.24, 2.45) is 0 Å². The largest absolute Gasteiger partial charge is 0.508 e. The molecule has 0 spiro atoms. The second-order valence-electron chi connectivity index (χ2n) is 7.57. The van der Waals surface area contributed by atoms with Gasteiger partial charge >= 0.3 is 0 Å². The highest BCUT2D eigenvalue weighted by Crippen LogP contribution is 2.30. The van der Waals surface area contributed by atoms with Crippen molar-refractivity contribution in [2.75, 3.05) is 13.1 Å². The summed E-state index contributed by atoms with van der Waals surface area (Å²) in [6.45, 7) is 7.25. The number of hydrogen-bond acceptors (Lipinski definition) is 4. The second-order valence-corrected chi connectivity index (χ2v) is 7.57. The average molecular weight is 379 g/mol. The van der Waals surface area contributed by atoms with Crippen molar-refractivity contribution in [1.82, 2.24) is 14.6 Å². The van der Waals surface area contributed by atoms with Gasteiger partial charge in [-0.3, -0.25) is 9.36 Å². The molecule has 4 rings (SSSR count). The molecule has 3 heterocycles. The molecule has 1 aliphatic rings. The van der Waals surface area contributed by atoms with E-state index in [0.717, 1.165) is 48.6 Å². The van der Waals surface area contributed by atoms with Gasteiger partial charge in [-0.05, 0) is 63.3 Å². The first kappa shape index (κ1) is 18.3. The molecule has 0 unspecified atom stereocenters. The maximum absolute atomic E-state index is 13.1. The van der Waals surface area contributed by atoms with Crippen molar-refractivity contribution in [3.05, 3.63) is 64.7 Å². The van der Waals surface area contributed by atoms with Crippen LogP contribution in [0.5, 0.6) is 5.75 Å². The van der Waals surface area contributed by atoms with Crippen molar-refractivity contribution in [3.8, 4) is 11.6 Å². The first-order chi connectivity index (χ1) is 13.4. The Morgan fingerprint density at radius 2 is 1.79 bits per heavy atom. The number of piperidine rings is 1. The number of aryl methyl sites for hydroxylation is 2. The summed E-state index contributed by atoms with van der Waals surface area (Å²) in [5, 5.41) is 13.6. The van der Waals surface area contributed by atoms with E-state index in [2.05, 4.69) is 5.16 Å². The Balaban J connectivity index is 1.49. The van der Waals surface area contributed by atoms with E-state index < -0.39 is 0 Å². The van der Waals surface area contributed by atoms with Gasteiger partial charge in [0.2, 0.25) is 0 Å². The number of hydrogen-bond donors (Lipinski definition) is 1. The molecule has 1 amide bonds. The summed E-state index contributed by atoms with van der Waals surface area (Å²) in [5.74, 6) is 2.23. The third-order valence-electron chi connectivity index (χ3n) is 5.65. The summed E-state index contributed by atoms with van der Waals surface area (Å²) in [6, 6.07) is 11.2. The normalized spacial score (nSPS) is 15.2. The lowest BCUT2D eigenvalue weighted by Gasteiger charge is -2.32. The Hall–Kier alpha value is -3.02. The van der Waals surface area contributed by atoms with Gasteiger partial charge in [0, 0.05) is 30.5 Å². The van der Waals surface area contributed by atoms with Crippen LogP contribution in [0, 0.1) is 20.8 Å². The topological polar surface area (TPSA) is 71.5 Å². The number of likely N-dealkylation sites (tertiary alicyclic amines) is 1. The van der Waals surface area contributed by atoms with E-state index in [1.54, 1.807) is 12.1 Å². The van der Waals surface area contributed by atoms with Gasteiger partial charge < -0.3 is 14.5 Å². The quantitative estimate of drug-likeness (QED) is 0.743. The molecular weight excluding hydrogens is 354 g/mol. The van der Waals surface area contributed by atoms with Crippen LogP contribution in [0.2, 0.25) is 0 Å². The van der Waals surface area contributed by atoms with E-state index >= 15 is 0 Å². The number of carbonyl (C=O) groups is 1. The van der Waals surface area contributed by atoms with E-state index in [9.17, 15) is 9.90 Å². The molecule has 1 aromatic carbocycles. The summed E-state index contributed by atoms with van der Waals surface area (Å²) in [6.07, 6.45) is 1.86. The van der Waals surface area contributed by atoms with Crippen LogP contribution in [-0.4, -0.2) is 38.7 Å². The van der Waals surface area contributed by atoms with Crippen molar-refractivity contribution < 1.29 is 14.4 Å². The minimum absolute atomic E-state index is 0.0729. The molecule has 0 bridgehead atoms. The zero-order valence-corrected chi connectivity index (χ0v) is 16.5. The average Bonchev–Trinajstić information content (AvgIpc) is 3.24. The molecule has 6 nitrogen and oxygen atoms in total. The van der Waals surface area contributed by atoms with Gasteiger partial charge in [-0.25, -0.2) is 0 Å². The molecule has 1 aliphatic heterocycles. The van der Waals surface area contributed by atoms with E-state index in [0.29, 0.717) is 11.7 Å². The first-order valence-electron chi connectivity index (χ1n) is 9.65. The summed E-state index contributed by atoms with van der Waals surface area (Å²) in [7, 11) is 0. The van der Waals surface area contributed by atoms with Gasteiger partial charge in [0.1, 0.15) is 11.5 Å². The van der Waals surface area contributed by atoms with Crippen LogP contribution in [0.3, 0.4) is 0 Å². The smallest absolute Gasteiger partial charge is 0.255 e. The standard InChI is InChI=1S/C22H25N3O3/c1-14-12-20(16(3)25(14)21-13-15(2)28-23-21)22(27)24-10-8-18(9-11-24)17-4-6-19(26)7-5-17/h4-7,12-13,18,26H,8-11H2,1-3H3. The minimum Gasteiger partial charge on any atom is -0.508 e. The van der Waals surface area contributed by atoms with Crippen molar-refractivity contribution in [3.63, 3.8) is 0 Å². The van der Waals surface area contributed by atoms with E-state index in [1.165, 1.54) is 5.56 Å². The van der Waals surface area contributed by atoms with Crippen LogP contribution >= 0.6 is 0 Å². The van der Waals surface area contributed by atoms with Crippen LogP contribution in [-0.2, 0) is 0 Å². The molecule has 6 heteroatoms. The number of phenolic OH excluding ortho intramolecular Hbond substituents is 1. The second kappa shape index (κ2) is 7.19. The lowest BCUT2D eigenvalue weighted by atomic mass is 9.89. The Morgan fingerprint density at radius 1 is 1.11 bits per heavy atom. The van der Waals surface area contributed by atoms with Crippen LogP contribution in [0.4, 0.5) is 0 Å². The molecule has 146 valence electrons. The molecule has 1 N–H and O–H groups in total. The van der Waals surface area contributed by atoms with Crippen LogP contribution in [0.1, 0.15) is 51.8 Å². The van der Waals surface area contributed by atoms with Crippen LogP contribution in [0.25, 0.3) is 5.82 Å². The Kier molecular flexibility index (Phi) is 4.71. The number of aromatic hydroxyl groups is 1. The molecule has 3 aromatic rings. The highest BCUT2D eigenvalue weighted by molar-refractivity contribution is 5.96. The fourth-order valence-corrected chi connectivity index (χ4v) is 4.12. The summed E-state index contributed by atoms with van der Waals surface area (Å²) in [4.78, 5) is 15.1. The molecule has 0 aliphatic carbocycles. The zero-order valence-electron chi connectivity index (χ0n) is 16.5.